The van der Waals surface area contributed by atoms with Crippen molar-refractivity contribution in [2.45, 2.75) is 38.8 Å². The number of methoxy groups -OCH3 is 1. The smallest absolute Gasteiger partial charge is 0.227 e. The number of likely N-dealkylation sites (N-methyl/N-ethyl adjacent to an activating group) is 1. The molecule has 6 heteroatoms. The van der Waals surface area contributed by atoms with Crippen LogP contribution in [0, 0.1) is 6.92 Å². The van der Waals surface area contributed by atoms with Gasteiger partial charge in [-0.25, -0.2) is 0 Å². The zero-order valence-corrected chi connectivity index (χ0v) is 18.1. The number of aryl methyl sites for hydroxylation is 1. The molecule has 1 amide bonds. The van der Waals surface area contributed by atoms with E-state index in [2.05, 4.69) is 9.88 Å². The molecule has 1 aromatic heterocycles. The highest BCUT2D eigenvalue weighted by atomic mass is 16.5. The van der Waals surface area contributed by atoms with Crippen molar-refractivity contribution >= 4 is 11.7 Å². The fourth-order valence-electron chi connectivity index (χ4n) is 3.79. The zero-order chi connectivity index (χ0) is 21.5. The fraction of sp³-hybridized carbons (Fsp3) is 0.458. The normalized spacial score (nSPS) is 15.2. The SMILES string of the molecule is COCc1ccc(CC(=O)N(C)C2CCN(CC(=O)c3ccc(C)cc3)CC2)cn1. The number of aromatic nitrogens is 1. The number of pyridine rings is 1. The largest absolute Gasteiger partial charge is 0.378 e. The summed E-state index contributed by atoms with van der Waals surface area (Å²) in [6.07, 6.45) is 3.87. The van der Waals surface area contributed by atoms with Gasteiger partial charge in [0.2, 0.25) is 5.91 Å². The Morgan fingerprint density at radius 2 is 1.83 bits per heavy atom. The standard InChI is InChI=1S/C24H31N3O3/c1-18-4-7-20(8-5-18)23(28)16-27-12-10-22(11-13-27)26(2)24(29)14-19-6-9-21(17-30-3)25-15-19/h4-9,15,22H,10-14,16-17H2,1-3H3. The maximum absolute atomic E-state index is 12.7. The van der Waals surface area contributed by atoms with Crippen LogP contribution in [0.1, 0.15) is 40.0 Å². The van der Waals surface area contributed by atoms with Crippen LogP contribution < -0.4 is 0 Å². The molecule has 0 radical (unpaired) electrons. The highest BCUT2D eigenvalue weighted by molar-refractivity contribution is 5.97. The van der Waals surface area contributed by atoms with Gasteiger partial charge in [0.05, 0.1) is 25.3 Å². The number of nitrogens with zero attached hydrogens (tertiary/aromatic N) is 3. The summed E-state index contributed by atoms with van der Waals surface area (Å²) in [5.74, 6) is 0.257. The topological polar surface area (TPSA) is 62.7 Å². The van der Waals surface area contributed by atoms with Gasteiger partial charge in [0.1, 0.15) is 0 Å². The molecule has 1 aromatic carbocycles. The molecule has 30 heavy (non-hydrogen) atoms. The van der Waals surface area contributed by atoms with Crippen molar-refractivity contribution in [3.05, 3.63) is 65.0 Å². The number of carbonyl (C=O) groups is 2. The van der Waals surface area contributed by atoms with Gasteiger partial charge in [-0.1, -0.05) is 35.9 Å². The van der Waals surface area contributed by atoms with Gasteiger partial charge >= 0.3 is 0 Å². The van der Waals surface area contributed by atoms with E-state index in [0.29, 0.717) is 19.6 Å². The molecule has 2 aromatic rings. The molecule has 1 saturated heterocycles. The number of carbonyl (C=O) groups excluding carboxylic acids is 2. The van der Waals surface area contributed by atoms with Gasteiger partial charge in [0, 0.05) is 45.0 Å². The summed E-state index contributed by atoms with van der Waals surface area (Å²) < 4.78 is 5.07. The third kappa shape index (κ3) is 5.97. The predicted molar refractivity (Wildman–Crippen MR) is 116 cm³/mol. The summed E-state index contributed by atoms with van der Waals surface area (Å²) in [7, 11) is 3.52. The lowest BCUT2D eigenvalue weighted by atomic mass is 10.0. The number of benzene rings is 1. The van der Waals surface area contributed by atoms with Crippen molar-refractivity contribution in [3.63, 3.8) is 0 Å². The Bertz CT molecular complexity index is 841. The predicted octanol–water partition coefficient (Wildman–Crippen LogP) is 2.88. The fourth-order valence-corrected chi connectivity index (χ4v) is 3.79. The molecular formula is C24H31N3O3. The molecule has 2 heterocycles. The number of hydrogen-bond donors (Lipinski definition) is 0. The Hall–Kier alpha value is -2.57. The molecule has 0 N–H and O–H groups in total. The Kier molecular flexibility index (Phi) is 7.71. The molecule has 1 fully saturated rings. The van der Waals surface area contributed by atoms with Crippen LogP contribution in [0.15, 0.2) is 42.6 Å². The van der Waals surface area contributed by atoms with Crippen molar-refractivity contribution in [3.8, 4) is 0 Å². The monoisotopic (exact) mass is 409 g/mol. The molecule has 0 saturated carbocycles. The Morgan fingerprint density at radius 3 is 2.43 bits per heavy atom. The third-order valence-corrected chi connectivity index (χ3v) is 5.77. The van der Waals surface area contributed by atoms with Crippen molar-refractivity contribution in [1.82, 2.24) is 14.8 Å². The van der Waals surface area contributed by atoms with E-state index >= 15 is 0 Å². The van der Waals surface area contributed by atoms with E-state index in [1.165, 1.54) is 0 Å². The van der Waals surface area contributed by atoms with Gasteiger partial charge in [-0.15, -0.1) is 0 Å². The number of Topliss-reactive ketones (excluding diaryl/α,β-unsaturated/α-hetero) is 1. The van der Waals surface area contributed by atoms with Gasteiger partial charge in [-0.2, -0.15) is 0 Å². The first-order valence-corrected chi connectivity index (χ1v) is 10.5. The highest BCUT2D eigenvalue weighted by Crippen LogP contribution is 2.17. The van der Waals surface area contributed by atoms with E-state index in [1.807, 2.05) is 55.3 Å². The van der Waals surface area contributed by atoms with Crippen LogP contribution in [0.3, 0.4) is 0 Å². The van der Waals surface area contributed by atoms with E-state index in [4.69, 9.17) is 4.74 Å². The molecule has 0 atom stereocenters. The maximum atomic E-state index is 12.7. The first kappa shape index (κ1) is 22.1. The Balaban J connectivity index is 1.46. The number of amides is 1. The lowest BCUT2D eigenvalue weighted by molar-refractivity contribution is -0.132. The van der Waals surface area contributed by atoms with Gasteiger partial charge in [0.25, 0.3) is 0 Å². The lowest BCUT2D eigenvalue weighted by Crippen LogP contribution is -2.47. The van der Waals surface area contributed by atoms with Crippen LogP contribution >= 0.6 is 0 Å². The average molecular weight is 410 g/mol. The molecular weight excluding hydrogens is 378 g/mol. The van der Waals surface area contributed by atoms with Crippen molar-refractivity contribution in [1.29, 1.82) is 0 Å². The quantitative estimate of drug-likeness (QED) is 0.628. The van der Waals surface area contributed by atoms with Crippen LogP contribution in [-0.4, -0.2) is 66.3 Å². The van der Waals surface area contributed by atoms with Crippen LogP contribution in [0.5, 0.6) is 0 Å². The Labute approximate surface area is 178 Å². The summed E-state index contributed by atoms with van der Waals surface area (Å²) in [5.41, 5.74) is 3.68. The van der Waals surface area contributed by atoms with E-state index < -0.39 is 0 Å². The van der Waals surface area contributed by atoms with Crippen LogP contribution in [0.25, 0.3) is 0 Å². The molecule has 160 valence electrons. The van der Waals surface area contributed by atoms with E-state index in [-0.39, 0.29) is 17.7 Å². The van der Waals surface area contributed by atoms with Gasteiger partial charge in [-0.3, -0.25) is 19.5 Å². The first-order valence-electron chi connectivity index (χ1n) is 10.5. The minimum atomic E-state index is 0.102. The molecule has 0 spiro atoms. The zero-order valence-electron chi connectivity index (χ0n) is 18.1. The number of ketones is 1. The molecule has 0 unspecified atom stereocenters. The summed E-state index contributed by atoms with van der Waals surface area (Å²) in [5, 5.41) is 0. The summed E-state index contributed by atoms with van der Waals surface area (Å²) in [6.45, 7) is 4.58. The Morgan fingerprint density at radius 1 is 1.13 bits per heavy atom. The number of rotatable bonds is 8. The second-order valence-corrected chi connectivity index (χ2v) is 8.07. The van der Waals surface area contributed by atoms with E-state index in [0.717, 1.165) is 48.3 Å². The minimum Gasteiger partial charge on any atom is -0.378 e. The maximum Gasteiger partial charge on any atom is 0.227 e. The van der Waals surface area contributed by atoms with Crippen molar-refractivity contribution < 1.29 is 14.3 Å². The van der Waals surface area contributed by atoms with Gasteiger partial charge in [0.15, 0.2) is 5.78 Å². The molecule has 0 aliphatic carbocycles. The van der Waals surface area contributed by atoms with Crippen molar-refractivity contribution in [2.24, 2.45) is 0 Å². The summed E-state index contributed by atoms with van der Waals surface area (Å²) in [4.78, 5) is 33.6. The van der Waals surface area contributed by atoms with Crippen LogP contribution in [0.4, 0.5) is 0 Å². The third-order valence-electron chi connectivity index (χ3n) is 5.77. The second-order valence-electron chi connectivity index (χ2n) is 8.07. The summed E-state index contributed by atoms with van der Waals surface area (Å²) >= 11 is 0. The van der Waals surface area contributed by atoms with Crippen molar-refractivity contribution in [2.75, 3.05) is 33.8 Å². The molecule has 3 rings (SSSR count). The second kappa shape index (κ2) is 10.5. The molecule has 1 aliphatic heterocycles. The van der Waals surface area contributed by atoms with E-state index in [1.54, 1.807) is 13.3 Å². The number of likely N-dealkylation sites (tertiary alicyclic amines) is 1. The van der Waals surface area contributed by atoms with Crippen LogP contribution in [-0.2, 0) is 22.6 Å². The van der Waals surface area contributed by atoms with E-state index in [9.17, 15) is 9.59 Å². The average Bonchev–Trinajstić information content (AvgIpc) is 2.75. The molecule has 6 nitrogen and oxygen atoms in total. The lowest BCUT2D eigenvalue weighted by Gasteiger charge is -2.36. The van der Waals surface area contributed by atoms with Gasteiger partial charge in [-0.05, 0) is 31.4 Å². The summed E-state index contributed by atoms with van der Waals surface area (Å²) in [6, 6.07) is 11.8. The van der Waals surface area contributed by atoms with Gasteiger partial charge < -0.3 is 9.64 Å². The highest BCUT2D eigenvalue weighted by Gasteiger charge is 2.26. The first-order chi connectivity index (χ1) is 14.5. The molecule has 0 bridgehead atoms. The number of hydrogen-bond acceptors (Lipinski definition) is 5. The molecule has 1 aliphatic rings. The van der Waals surface area contributed by atoms with Crippen LogP contribution in [0.2, 0.25) is 0 Å². The number of ether oxygens (including phenoxy) is 1. The minimum absolute atomic E-state index is 0.102. The number of piperidine rings is 1.